The molecule has 6 heteroatoms. The second-order valence-corrected chi connectivity index (χ2v) is 4.63. The number of anilines is 1. The number of aryl methyl sites for hydroxylation is 2. The Morgan fingerprint density at radius 2 is 2.15 bits per heavy atom. The summed E-state index contributed by atoms with van der Waals surface area (Å²) in [5.74, 6) is -0.148. The molecule has 0 aliphatic rings. The van der Waals surface area contributed by atoms with Gasteiger partial charge in [-0.05, 0) is 19.9 Å². The zero-order valence-corrected chi connectivity index (χ0v) is 12.2. The summed E-state index contributed by atoms with van der Waals surface area (Å²) >= 11 is 0. The molecule has 0 fully saturated rings. The zero-order chi connectivity index (χ0) is 14.7. The van der Waals surface area contributed by atoms with Gasteiger partial charge in [0.15, 0.2) is 0 Å². The molecule has 0 spiro atoms. The van der Waals surface area contributed by atoms with Gasteiger partial charge in [-0.3, -0.25) is 14.5 Å². The Morgan fingerprint density at radius 1 is 1.40 bits per heavy atom. The van der Waals surface area contributed by atoms with Crippen LogP contribution in [0.1, 0.15) is 27.3 Å². The van der Waals surface area contributed by atoms with E-state index in [4.69, 9.17) is 0 Å². The van der Waals surface area contributed by atoms with Crippen LogP contribution < -0.4 is 10.6 Å². The van der Waals surface area contributed by atoms with Crippen molar-refractivity contribution in [3.63, 3.8) is 0 Å². The molecule has 2 aromatic rings. The maximum Gasteiger partial charge on any atom is 0.255 e. The van der Waals surface area contributed by atoms with Crippen molar-refractivity contribution in [2.24, 2.45) is 7.05 Å². The first kappa shape index (κ1) is 14.0. The lowest BCUT2D eigenvalue weighted by molar-refractivity contribution is 0.0951. The van der Waals surface area contributed by atoms with Crippen LogP contribution in [0.4, 0.5) is 5.69 Å². The monoisotopic (exact) mass is 273 g/mol. The second kappa shape index (κ2) is 5.73. The number of nitrogens with zero attached hydrogens (tertiary/aromatic N) is 3. The molecule has 2 rings (SSSR count). The van der Waals surface area contributed by atoms with Crippen LogP contribution in [0.3, 0.4) is 0 Å². The Bertz CT molecular complexity index is 632. The Balaban J connectivity index is 2.13. The molecular weight excluding hydrogens is 254 g/mol. The van der Waals surface area contributed by atoms with Gasteiger partial charge >= 0.3 is 0 Å². The molecule has 0 saturated carbocycles. The Hall–Kier alpha value is -2.37. The summed E-state index contributed by atoms with van der Waals surface area (Å²) in [4.78, 5) is 16.2. The first-order chi connectivity index (χ1) is 9.54. The number of carbonyl (C=O) groups excluding carboxylic acids is 1. The fourth-order valence-corrected chi connectivity index (χ4v) is 2.13. The molecule has 1 amide bonds. The quantitative estimate of drug-likeness (QED) is 0.883. The van der Waals surface area contributed by atoms with E-state index in [0.29, 0.717) is 12.1 Å². The van der Waals surface area contributed by atoms with Gasteiger partial charge in [0.05, 0.1) is 11.3 Å². The number of hydrogen-bond acceptors (Lipinski definition) is 4. The molecular formula is C14H19N5O. The third-order valence-corrected chi connectivity index (χ3v) is 3.42. The van der Waals surface area contributed by atoms with Gasteiger partial charge in [0.25, 0.3) is 5.91 Å². The number of carbonyl (C=O) groups is 1. The Morgan fingerprint density at radius 3 is 2.75 bits per heavy atom. The van der Waals surface area contributed by atoms with Crippen LogP contribution in [-0.2, 0) is 13.6 Å². The maximum atomic E-state index is 12.2. The molecule has 0 radical (unpaired) electrons. The lowest BCUT2D eigenvalue weighted by atomic mass is 10.2. The van der Waals surface area contributed by atoms with Crippen molar-refractivity contribution >= 4 is 11.6 Å². The number of nitrogens with one attached hydrogen (secondary N) is 2. The van der Waals surface area contributed by atoms with Crippen molar-refractivity contribution in [2.45, 2.75) is 20.4 Å². The van der Waals surface area contributed by atoms with E-state index in [1.54, 1.807) is 25.5 Å². The molecule has 0 bridgehead atoms. The average molecular weight is 273 g/mol. The predicted molar refractivity (Wildman–Crippen MR) is 77.6 cm³/mol. The minimum absolute atomic E-state index is 0.148. The highest BCUT2D eigenvalue weighted by Gasteiger charge is 2.13. The molecule has 20 heavy (non-hydrogen) atoms. The van der Waals surface area contributed by atoms with Gasteiger partial charge in [-0.1, -0.05) is 0 Å². The van der Waals surface area contributed by atoms with Gasteiger partial charge in [0.1, 0.15) is 0 Å². The molecule has 0 unspecified atom stereocenters. The first-order valence-electron chi connectivity index (χ1n) is 6.43. The molecule has 2 aromatic heterocycles. The van der Waals surface area contributed by atoms with Gasteiger partial charge in [0.2, 0.25) is 0 Å². The molecule has 0 aliphatic heterocycles. The fraction of sp³-hybridized carbons (Fsp3) is 0.357. The molecule has 106 valence electrons. The van der Waals surface area contributed by atoms with Crippen LogP contribution in [0.15, 0.2) is 18.5 Å². The maximum absolute atomic E-state index is 12.2. The minimum Gasteiger partial charge on any atom is -0.387 e. The third-order valence-electron chi connectivity index (χ3n) is 3.42. The van der Waals surface area contributed by atoms with Crippen LogP contribution in [-0.4, -0.2) is 27.7 Å². The molecule has 0 atom stereocenters. The van der Waals surface area contributed by atoms with E-state index in [0.717, 1.165) is 22.6 Å². The van der Waals surface area contributed by atoms with E-state index < -0.39 is 0 Å². The molecule has 0 aromatic carbocycles. The Labute approximate surface area is 118 Å². The second-order valence-electron chi connectivity index (χ2n) is 4.63. The normalized spacial score (nSPS) is 10.4. The van der Waals surface area contributed by atoms with Crippen LogP contribution in [0.25, 0.3) is 0 Å². The van der Waals surface area contributed by atoms with Crippen molar-refractivity contribution in [1.29, 1.82) is 0 Å². The van der Waals surface area contributed by atoms with Gasteiger partial charge in [-0.25, -0.2) is 0 Å². The summed E-state index contributed by atoms with van der Waals surface area (Å²) in [5.41, 5.74) is 4.34. The van der Waals surface area contributed by atoms with Crippen molar-refractivity contribution in [1.82, 2.24) is 20.1 Å². The number of rotatable bonds is 4. The highest BCUT2D eigenvalue weighted by molar-refractivity contribution is 5.99. The third kappa shape index (κ3) is 2.64. The average Bonchev–Trinajstić information content (AvgIpc) is 2.70. The zero-order valence-electron chi connectivity index (χ0n) is 12.2. The number of pyridine rings is 1. The topological polar surface area (TPSA) is 71.8 Å². The number of hydrogen-bond donors (Lipinski definition) is 2. The smallest absolute Gasteiger partial charge is 0.255 e. The van der Waals surface area contributed by atoms with Gasteiger partial charge in [-0.2, -0.15) is 5.10 Å². The molecule has 2 heterocycles. The lowest BCUT2D eigenvalue weighted by Gasteiger charge is -2.09. The van der Waals surface area contributed by atoms with E-state index in [9.17, 15) is 4.79 Å². The van der Waals surface area contributed by atoms with Crippen molar-refractivity contribution in [3.8, 4) is 0 Å². The Kier molecular flexibility index (Phi) is 4.02. The van der Waals surface area contributed by atoms with E-state index in [2.05, 4.69) is 20.7 Å². The summed E-state index contributed by atoms with van der Waals surface area (Å²) in [7, 11) is 3.68. The van der Waals surface area contributed by atoms with E-state index in [1.807, 2.05) is 25.6 Å². The molecule has 2 N–H and O–H groups in total. The van der Waals surface area contributed by atoms with E-state index in [-0.39, 0.29) is 5.91 Å². The van der Waals surface area contributed by atoms with Gasteiger partial charge in [-0.15, -0.1) is 0 Å². The largest absolute Gasteiger partial charge is 0.387 e. The standard InChI is InChI=1S/C14H19N5O/c1-9-11(10(2)19(4)18-9)8-17-14(20)12-7-16-6-5-13(12)15-3/h5-7H,8H2,1-4H3,(H,15,16)(H,17,20). The minimum atomic E-state index is -0.148. The summed E-state index contributed by atoms with van der Waals surface area (Å²) < 4.78 is 1.82. The van der Waals surface area contributed by atoms with Crippen LogP contribution in [0, 0.1) is 13.8 Å². The molecule has 0 saturated heterocycles. The SMILES string of the molecule is CNc1ccncc1C(=O)NCc1c(C)nn(C)c1C. The molecule has 0 aliphatic carbocycles. The predicted octanol–water partition coefficient (Wildman–Crippen LogP) is 1.40. The summed E-state index contributed by atoms with van der Waals surface area (Å²) in [6.07, 6.45) is 3.21. The summed E-state index contributed by atoms with van der Waals surface area (Å²) in [6.45, 7) is 4.39. The van der Waals surface area contributed by atoms with Crippen molar-refractivity contribution in [2.75, 3.05) is 12.4 Å². The van der Waals surface area contributed by atoms with Crippen LogP contribution in [0.5, 0.6) is 0 Å². The van der Waals surface area contributed by atoms with Crippen LogP contribution >= 0.6 is 0 Å². The summed E-state index contributed by atoms with van der Waals surface area (Å²) in [5, 5.41) is 10.2. The van der Waals surface area contributed by atoms with Crippen LogP contribution in [0.2, 0.25) is 0 Å². The first-order valence-corrected chi connectivity index (χ1v) is 6.43. The van der Waals surface area contributed by atoms with Crippen molar-refractivity contribution < 1.29 is 4.79 Å². The summed E-state index contributed by atoms with van der Waals surface area (Å²) in [6, 6.07) is 1.77. The van der Waals surface area contributed by atoms with Gasteiger partial charge in [0, 0.05) is 50.0 Å². The lowest BCUT2D eigenvalue weighted by Crippen LogP contribution is -2.24. The van der Waals surface area contributed by atoms with Crippen molar-refractivity contribution in [3.05, 3.63) is 41.0 Å². The highest BCUT2D eigenvalue weighted by Crippen LogP contribution is 2.14. The van der Waals surface area contributed by atoms with Gasteiger partial charge < -0.3 is 10.6 Å². The van der Waals surface area contributed by atoms with E-state index >= 15 is 0 Å². The number of amides is 1. The molecule has 6 nitrogen and oxygen atoms in total. The number of aromatic nitrogens is 3. The van der Waals surface area contributed by atoms with E-state index in [1.165, 1.54) is 0 Å². The fourth-order valence-electron chi connectivity index (χ4n) is 2.13. The highest BCUT2D eigenvalue weighted by atomic mass is 16.1.